The second-order valence-corrected chi connectivity index (χ2v) is 5.12. The van der Waals surface area contributed by atoms with Crippen LogP contribution in [0.25, 0.3) is 0 Å². The number of aryl methyl sites for hydroxylation is 1. The van der Waals surface area contributed by atoms with Crippen LogP contribution in [0.3, 0.4) is 0 Å². The minimum absolute atomic E-state index is 0.196. The first-order chi connectivity index (χ1) is 10.5. The number of carbonyl (C=O) groups excluding carboxylic acids is 1. The summed E-state index contributed by atoms with van der Waals surface area (Å²) in [6, 6.07) is 7.43. The Balaban J connectivity index is 1.99. The third kappa shape index (κ3) is 3.91. The van der Waals surface area contributed by atoms with Crippen LogP contribution in [0.15, 0.2) is 28.8 Å². The van der Waals surface area contributed by atoms with E-state index in [0.717, 1.165) is 0 Å². The van der Waals surface area contributed by atoms with Crippen molar-refractivity contribution in [2.45, 2.75) is 13.0 Å². The zero-order valence-electron chi connectivity index (χ0n) is 11.5. The number of hydrogen-bond donors (Lipinski definition) is 1. The monoisotopic (exact) mass is 339 g/mol. The number of hydrogen-bond acceptors (Lipinski definition) is 5. The Morgan fingerprint density at radius 3 is 2.95 bits per heavy atom. The van der Waals surface area contributed by atoms with Crippen molar-refractivity contribution >= 4 is 29.1 Å². The molecular formula is C14H11Cl2N3O3. The molecule has 1 N–H and O–H groups in total. The van der Waals surface area contributed by atoms with Crippen molar-refractivity contribution in [1.29, 1.82) is 5.26 Å². The Morgan fingerprint density at radius 2 is 2.32 bits per heavy atom. The maximum atomic E-state index is 11.8. The molecular weight excluding hydrogens is 329 g/mol. The number of amides is 1. The topological polar surface area (TPSA) is 88.1 Å². The average molecular weight is 340 g/mol. The van der Waals surface area contributed by atoms with E-state index in [1.54, 1.807) is 31.2 Å². The maximum Gasteiger partial charge on any atom is 0.259 e. The lowest BCUT2D eigenvalue weighted by Gasteiger charge is -2.14. The SMILES string of the molecule is Cc1cc(OCC(=O)N[C@@H](C#N)c2cccc(Cl)c2Cl)no1. The van der Waals surface area contributed by atoms with Crippen LogP contribution in [0.4, 0.5) is 0 Å². The van der Waals surface area contributed by atoms with Crippen molar-refractivity contribution in [2.75, 3.05) is 6.61 Å². The molecule has 2 aromatic rings. The number of rotatable bonds is 5. The van der Waals surface area contributed by atoms with Crippen LogP contribution in [0, 0.1) is 18.3 Å². The number of nitrogens with zero attached hydrogens (tertiary/aromatic N) is 2. The van der Waals surface area contributed by atoms with E-state index in [2.05, 4.69) is 10.5 Å². The summed E-state index contributed by atoms with van der Waals surface area (Å²) in [7, 11) is 0. The quantitative estimate of drug-likeness (QED) is 0.904. The molecule has 1 aromatic heterocycles. The van der Waals surface area contributed by atoms with E-state index in [0.29, 0.717) is 16.3 Å². The van der Waals surface area contributed by atoms with Crippen LogP contribution in [-0.2, 0) is 4.79 Å². The van der Waals surface area contributed by atoms with Crippen molar-refractivity contribution in [3.8, 4) is 11.9 Å². The van der Waals surface area contributed by atoms with Gasteiger partial charge in [0.25, 0.3) is 11.8 Å². The molecule has 1 heterocycles. The largest absolute Gasteiger partial charge is 0.465 e. The molecule has 2 rings (SSSR count). The van der Waals surface area contributed by atoms with Gasteiger partial charge >= 0.3 is 0 Å². The highest BCUT2D eigenvalue weighted by Crippen LogP contribution is 2.29. The molecule has 1 aromatic carbocycles. The second kappa shape index (κ2) is 7.16. The van der Waals surface area contributed by atoms with E-state index in [-0.39, 0.29) is 17.5 Å². The number of halogens is 2. The summed E-state index contributed by atoms with van der Waals surface area (Å²) in [5, 5.41) is 15.8. The summed E-state index contributed by atoms with van der Waals surface area (Å²) < 4.78 is 9.94. The minimum Gasteiger partial charge on any atom is -0.465 e. The van der Waals surface area contributed by atoms with Crippen LogP contribution >= 0.6 is 23.2 Å². The smallest absolute Gasteiger partial charge is 0.259 e. The van der Waals surface area contributed by atoms with Gasteiger partial charge in [-0.2, -0.15) is 5.26 Å². The van der Waals surface area contributed by atoms with Crippen molar-refractivity contribution in [1.82, 2.24) is 10.5 Å². The number of nitrogens with one attached hydrogen (secondary N) is 1. The van der Waals surface area contributed by atoms with Crippen molar-refractivity contribution < 1.29 is 14.1 Å². The predicted octanol–water partition coefficient (Wildman–Crippen LogP) is 3.05. The molecule has 6 nitrogen and oxygen atoms in total. The second-order valence-electron chi connectivity index (χ2n) is 4.34. The minimum atomic E-state index is -0.929. The Bertz CT molecular complexity index is 724. The third-order valence-electron chi connectivity index (χ3n) is 2.68. The highest BCUT2D eigenvalue weighted by Gasteiger charge is 2.18. The van der Waals surface area contributed by atoms with Gasteiger partial charge in [0, 0.05) is 11.6 Å². The Hall–Kier alpha value is -2.23. The van der Waals surface area contributed by atoms with Gasteiger partial charge in [-0.05, 0) is 18.1 Å². The lowest BCUT2D eigenvalue weighted by molar-refractivity contribution is -0.123. The summed E-state index contributed by atoms with van der Waals surface area (Å²) >= 11 is 11.9. The van der Waals surface area contributed by atoms with E-state index in [1.807, 2.05) is 6.07 Å². The molecule has 0 saturated carbocycles. The van der Waals surface area contributed by atoms with Gasteiger partial charge in [-0.15, -0.1) is 0 Å². The molecule has 0 unspecified atom stereocenters. The lowest BCUT2D eigenvalue weighted by atomic mass is 10.1. The highest BCUT2D eigenvalue weighted by atomic mass is 35.5. The molecule has 114 valence electrons. The molecule has 0 aliphatic rings. The van der Waals surface area contributed by atoms with E-state index >= 15 is 0 Å². The predicted molar refractivity (Wildman–Crippen MR) is 79.7 cm³/mol. The van der Waals surface area contributed by atoms with Crippen LogP contribution in [-0.4, -0.2) is 17.7 Å². The van der Waals surface area contributed by atoms with Crippen LogP contribution in [0.5, 0.6) is 5.88 Å². The fourth-order valence-electron chi connectivity index (χ4n) is 1.68. The molecule has 0 radical (unpaired) electrons. The molecule has 0 aliphatic carbocycles. The van der Waals surface area contributed by atoms with Gasteiger partial charge in [0.05, 0.1) is 16.1 Å². The number of benzene rings is 1. The number of aromatic nitrogens is 1. The molecule has 1 amide bonds. The van der Waals surface area contributed by atoms with Gasteiger partial charge in [-0.3, -0.25) is 4.79 Å². The summed E-state index contributed by atoms with van der Waals surface area (Å²) in [5.41, 5.74) is 0.419. The van der Waals surface area contributed by atoms with E-state index in [9.17, 15) is 10.1 Å². The molecule has 1 atom stereocenters. The summed E-state index contributed by atoms with van der Waals surface area (Å²) in [6.45, 7) is 1.40. The van der Waals surface area contributed by atoms with Gasteiger partial charge in [0.2, 0.25) is 0 Å². The van der Waals surface area contributed by atoms with Gasteiger partial charge in [-0.25, -0.2) is 0 Å². The van der Waals surface area contributed by atoms with Crippen molar-refractivity contribution in [3.05, 3.63) is 45.6 Å². The number of nitriles is 1. The molecule has 22 heavy (non-hydrogen) atoms. The summed E-state index contributed by atoms with van der Waals surface area (Å²) in [5.74, 6) is 0.265. The maximum absolute atomic E-state index is 11.8. The first-order valence-corrected chi connectivity index (χ1v) is 6.96. The fourth-order valence-corrected chi connectivity index (χ4v) is 2.09. The molecule has 0 aliphatic heterocycles. The first kappa shape index (κ1) is 16.1. The van der Waals surface area contributed by atoms with Gasteiger partial charge in [0.15, 0.2) is 6.61 Å². The Labute approximate surface area is 136 Å². The summed E-state index contributed by atoms with van der Waals surface area (Å²) in [6.07, 6.45) is 0. The molecule has 8 heteroatoms. The van der Waals surface area contributed by atoms with Crippen LogP contribution in [0.2, 0.25) is 10.0 Å². The Kier molecular flexibility index (Phi) is 5.26. The number of ether oxygens (including phenoxy) is 1. The molecule has 0 spiro atoms. The zero-order valence-corrected chi connectivity index (χ0v) is 13.0. The van der Waals surface area contributed by atoms with E-state index < -0.39 is 11.9 Å². The normalized spacial score (nSPS) is 11.5. The zero-order chi connectivity index (χ0) is 16.1. The Morgan fingerprint density at radius 1 is 1.55 bits per heavy atom. The average Bonchev–Trinajstić information content (AvgIpc) is 2.91. The first-order valence-electron chi connectivity index (χ1n) is 6.20. The van der Waals surface area contributed by atoms with Gasteiger partial charge < -0.3 is 14.6 Å². The molecule has 0 fully saturated rings. The summed E-state index contributed by atoms with van der Waals surface area (Å²) in [4.78, 5) is 11.8. The highest BCUT2D eigenvalue weighted by molar-refractivity contribution is 6.42. The van der Waals surface area contributed by atoms with Crippen molar-refractivity contribution in [2.24, 2.45) is 0 Å². The van der Waals surface area contributed by atoms with Crippen LogP contribution < -0.4 is 10.1 Å². The van der Waals surface area contributed by atoms with E-state index in [1.165, 1.54) is 0 Å². The van der Waals surface area contributed by atoms with E-state index in [4.69, 9.17) is 32.5 Å². The van der Waals surface area contributed by atoms with Gasteiger partial charge in [0.1, 0.15) is 11.8 Å². The van der Waals surface area contributed by atoms with Gasteiger partial charge in [-0.1, -0.05) is 35.3 Å². The third-order valence-corrected chi connectivity index (χ3v) is 3.52. The molecule has 0 bridgehead atoms. The fraction of sp³-hybridized carbons (Fsp3) is 0.214. The van der Waals surface area contributed by atoms with Crippen LogP contribution in [0.1, 0.15) is 17.4 Å². The number of carbonyl (C=O) groups is 1. The lowest BCUT2D eigenvalue weighted by Crippen LogP contribution is -2.32. The van der Waals surface area contributed by atoms with Crippen molar-refractivity contribution in [3.63, 3.8) is 0 Å². The standard InChI is InChI=1S/C14H11Cl2N3O3/c1-8-5-13(19-22-8)21-7-12(20)18-11(6-17)9-3-2-4-10(15)14(9)16/h2-5,11H,7H2,1H3,(H,18,20)/t11-/m0/s1. The molecule has 0 saturated heterocycles.